The lowest BCUT2D eigenvalue weighted by Gasteiger charge is -2.21. The number of hydrogen-bond donors (Lipinski definition) is 5. The molecule has 11 heteroatoms. The molecule has 2 amide bonds. The van der Waals surface area contributed by atoms with Crippen LogP contribution in [0.15, 0.2) is 17.2 Å². The van der Waals surface area contributed by atoms with Crippen molar-refractivity contribution >= 4 is 35.5 Å². The first-order chi connectivity index (χ1) is 14.2. The molecule has 0 aromatic carbocycles. The van der Waals surface area contributed by atoms with Crippen LogP contribution in [-0.4, -0.2) is 62.4 Å². The average Bonchev–Trinajstić information content (AvgIpc) is 3.04. The quantitative estimate of drug-likeness (QED) is 0.422. The minimum absolute atomic E-state index is 0.0671. The van der Waals surface area contributed by atoms with Gasteiger partial charge in [-0.15, -0.1) is 11.8 Å². The van der Waals surface area contributed by atoms with E-state index in [1.54, 1.807) is 0 Å². The minimum atomic E-state index is -1.21. The number of carbonyl (C=O) groups is 4. The van der Waals surface area contributed by atoms with Crippen LogP contribution in [0.3, 0.4) is 0 Å². The van der Waals surface area contributed by atoms with Crippen molar-refractivity contribution in [3.8, 4) is 0 Å². The Kier molecular flexibility index (Phi) is 8.72. The minimum Gasteiger partial charge on any atom is -0.480 e. The van der Waals surface area contributed by atoms with Crippen molar-refractivity contribution < 1.29 is 29.4 Å². The fourth-order valence-corrected chi connectivity index (χ4v) is 4.18. The Balaban J connectivity index is 2.13. The van der Waals surface area contributed by atoms with Gasteiger partial charge in [0.25, 0.3) is 0 Å². The molecule has 2 rings (SSSR count). The molecule has 0 fully saturated rings. The van der Waals surface area contributed by atoms with Gasteiger partial charge in [-0.25, -0.2) is 4.79 Å². The summed E-state index contributed by atoms with van der Waals surface area (Å²) in [7, 11) is 0. The maximum Gasteiger partial charge on any atom is 0.326 e. The molecular weight excluding hydrogens is 412 g/mol. The number of amides is 2. The molecule has 6 N–H and O–H groups in total. The monoisotopic (exact) mass is 440 g/mol. The van der Waals surface area contributed by atoms with E-state index >= 15 is 0 Å². The number of aryl methyl sites for hydroxylation is 1. The lowest BCUT2D eigenvalue weighted by molar-refractivity contribution is -0.142. The van der Waals surface area contributed by atoms with Gasteiger partial charge in [-0.3, -0.25) is 14.4 Å². The van der Waals surface area contributed by atoms with Crippen molar-refractivity contribution in [2.75, 3.05) is 5.75 Å². The van der Waals surface area contributed by atoms with Crippen LogP contribution in [0.4, 0.5) is 0 Å². The molecule has 1 aromatic heterocycles. The predicted octanol–water partition coefficient (Wildman–Crippen LogP) is 0.319. The Labute approximate surface area is 178 Å². The second-order valence-corrected chi connectivity index (χ2v) is 8.33. The molecule has 30 heavy (non-hydrogen) atoms. The standard InChI is InChI=1S/C19H28N4O6S/c1-11-15-7-9-23(11)8-3-2-4-13(19(28)29)22-17(25)14(10-30-15)21-16(24)6-5-12(20)18(26)27/h7,9,12-14H,2-6,8,10,20H2,1H3,(H,21,24)(H,22,25)(H,26,27)(H,28,29). The number of aliphatic carboxylic acids is 2. The number of carboxylic acids is 2. The van der Waals surface area contributed by atoms with E-state index in [1.165, 1.54) is 11.8 Å². The van der Waals surface area contributed by atoms with Crippen LogP contribution in [0.1, 0.15) is 37.8 Å². The molecule has 0 spiro atoms. The van der Waals surface area contributed by atoms with Gasteiger partial charge in [-0.2, -0.15) is 0 Å². The van der Waals surface area contributed by atoms with Crippen LogP contribution in [0.5, 0.6) is 0 Å². The molecule has 0 radical (unpaired) electrons. The van der Waals surface area contributed by atoms with Gasteiger partial charge in [0.2, 0.25) is 11.8 Å². The number of aromatic nitrogens is 1. The molecule has 2 heterocycles. The fourth-order valence-electron chi connectivity index (χ4n) is 3.12. The van der Waals surface area contributed by atoms with E-state index in [2.05, 4.69) is 15.2 Å². The Morgan fingerprint density at radius 3 is 2.77 bits per heavy atom. The van der Waals surface area contributed by atoms with E-state index in [0.29, 0.717) is 6.42 Å². The largest absolute Gasteiger partial charge is 0.480 e. The molecule has 166 valence electrons. The summed E-state index contributed by atoms with van der Waals surface area (Å²) in [6.45, 7) is 2.74. The number of carbonyl (C=O) groups excluding carboxylic acids is 2. The fraction of sp³-hybridized carbons (Fsp3) is 0.579. The molecule has 2 bridgehead atoms. The van der Waals surface area contributed by atoms with Crippen LogP contribution >= 0.6 is 11.8 Å². The molecule has 3 atom stereocenters. The molecular formula is C19H28N4O6S. The van der Waals surface area contributed by atoms with Crippen molar-refractivity contribution in [1.82, 2.24) is 15.2 Å². The number of nitrogens with zero attached hydrogens (tertiary/aromatic N) is 1. The van der Waals surface area contributed by atoms with Crippen LogP contribution in [0.2, 0.25) is 0 Å². The zero-order valence-electron chi connectivity index (χ0n) is 16.8. The van der Waals surface area contributed by atoms with E-state index in [4.69, 9.17) is 10.8 Å². The normalized spacial score (nSPS) is 21.3. The van der Waals surface area contributed by atoms with Gasteiger partial charge in [0.15, 0.2) is 0 Å². The number of thioether (sulfide) groups is 1. The highest BCUT2D eigenvalue weighted by atomic mass is 32.2. The van der Waals surface area contributed by atoms with Gasteiger partial charge in [0.1, 0.15) is 18.1 Å². The smallest absolute Gasteiger partial charge is 0.326 e. The third kappa shape index (κ3) is 6.77. The topological polar surface area (TPSA) is 164 Å². The number of nitrogens with two attached hydrogens (primary N) is 1. The van der Waals surface area contributed by atoms with Gasteiger partial charge < -0.3 is 31.1 Å². The van der Waals surface area contributed by atoms with Gasteiger partial charge in [-0.1, -0.05) is 0 Å². The molecule has 10 nitrogen and oxygen atoms in total. The molecule has 1 aliphatic rings. The molecule has 0 saturated heterocycles. The Morgan fingerprint density at radius 2 is 2.10 bits per heavy atom. The van der Waals surface area contributed by atoms with Gasteiger partial charge in [-0.05, 0) is 38.7 Å². The van der Waals surface area contributed by atoms with Crippen LogP contribution in [0, 0.1) is 6.92 Å². The van der Waals surface area contributed by atoms with Crippen molar-refractivity contribution in [3.63, 3.8) is 0 Å². The van der Waals surface area contributed by atoms with E-state index in [1.807, 2.05) is 19.2 Å². The van der Waals surface area contributed by atoms with Gasteiger partial charge >= 0.3 is 11.9 Å². The third-order valence-corrected chi connectivity index (χ3v) is 6.25. The zero-order valence-corrected chi connectivity index (χ0v) is 17.6. The Hall–Kier alpha value is -2.53. The van der Waals surface area contributed by atoms with Crippen molar-refractivity contribution in [2.45, 2.75) is 68.6 Å². The average molecular weight is 441 g/mol. The summed E-state index contributed by atoms with van der Waals surface area (Å²) >= 11 is 1.39. The van der Waals surface area contributed by atoms with E-state index in [9.17, 15) is 24.3 Å². The second-order valence-electron chi connectivity index (χ2n) is 7.27. The van der Waals surface area contributed by atoms with Crippen molar-refractivity contribution in [3.05, 3.63) is 18.0 Å². The predicted molar refractivity (Wildman–Crippen MR) is 110 cm³/mol. The number of hydrogen-bond acceptors (Lipinski definition) is 6. The number of rotatable bonds is 6. The summed E-state index contributed by atoms with van der Waals surface area (Å²) in [5.74, 6) is -3.22. The molecule has 1 aliphatic heterocycles. The first kappa shape index (κ1) is 23.7. The zero-order chi connectivity index (χ0) is 22.3. The van der Waals surface area contributed by atoms with Crippen LogP contribution in [-0.2, 0) is 25.7 Å². The molecule has 0 saturated carbocycles. The highest BCUT2D eigenvalue weighted by Gasteiger charge is 2.27. The van der Waals surface area contributed by atoms with E-state index in [0.717, 1.165) is 23.6 Å². The summed E-state index contributed by atoms with van der Waals surface area (Å²) in [6.07, 6.45) is 3.43. The first-order valence-corrected chi connectivity index (χ1v) is 10.8. The lowest BCUT2D eigenvalue weighted by atomic mass is 10.1. The highest BCUT2D eigenvalue weighted by Crippen LogP contribution is 2.25. The van der Waals surface area contributed by atoms with Crippen molar-refractivity contribution in [1.29, 1.82) is 0 Å². The maximum absolute atomic E-state index is 12.7. The SMILES string of the molecule is Cc1c2ccn1CCCCC(C(=O)O)NC(=O)C(NC(=O)CCC(N)C(=O)O)CS2. The lowest BCUT2D eigenvalue weighted by Crippen LogP contribution is -2.52. The second kappa shape index (κ2) is 11.0. The highest BCUT2D eigenvalue weighted by molar-refractivity contribution is 7.99. The van der Waals surface area contributed by atoms with Crippen LogP contribution in [0.25, 0.3) is 0 Å². The summed E-state index contributed by atoms with van der Waals surface area (Å²) < 4.78 is 2.09. The number of nitrogens with one attached hydrogen (secondary N) is 2. The number of carboxylic acid groups (broad SMARTS) is 2. The molecule has 0 aliphatic carbocycles. The summed E-state index contributed by atoms with van der Waals surface area (Å²) in [5, 5.41) is 23.4. The number of fused-ring (bicyclic) bond motifs is 2. The van der Waals surface area contributed by atoms with Crippen LogP contribution < -0.4 is 16.4 Å². The summed E-state index contributed by atoms with van der Waals surface area (Å²) in [6, 6.07) is -1.22. The van der Waals surface area contributed by atoms with Crippen molar-refractivity contribution in [2.24, 2.45) is 5.73 Å². The van der Waals surface area contributed by atoms with E-state index < -0.39 is 41.9 Å². The Morgan fingerprint density at radius 1 is 1.37 bits per heavy atom. The summed E-state index contributed by atoms with van der Waals surface area (Å²) in [5.41, 5.74) is 6.47. The van der Waals surface area contributed by atoms with Gasteiger partial charge in [0, 0.05) is 35.5 Å². The Bertz CT molecular complexity index is 796. The molecule has 1 aromatic rings. The third-order valence-electron chi connectivity index (χ3n) is 5.01. The van der Waals surface area contributed by atoms with Gasteiger partial charge in [0.05, 0.1) is 0 Å². The maximum atomic E-state index is 12.7. The van der Waals surface area contributed by atoms with E-state index in [-0.39, 0.29) is 25.0 Å². The summed E-state index contributed by atoms with van der Waals surface area (Å²) in [4.78, 5) is 48.3. The first-order valence-electron chi connectivity index (χ1n) is 9.78. The molecule has 3 unspecified atom stereocenters.